The van der Waals surface area contributed by atoms with Gasteiger partial charge in [-0.05, 0) is 183 Å². The van der Waals surface area contributed by atoms with E-state index in [-0.39, 0.29) is 0 Å². The minimum atomic E-state index is 0.900. The van der Waals surface area contributed by atoms with Gasteiger partial charge in [-0.2, -0.15) is 0 Å². The molecule has 0 amide bonds. The number of nitrogens with zero attached hydrogens (tertiary/aromatic N) is 8. The number of furan rings is 2. The van der Waals surface area contributed by atoms with Crippen LogP contribution in [0.1, 0.15) is 0 Å². The minimum absolute atomic E-state index is 0.900. The lowest BCUT2D eigenvalue weighted by molar-refractivity contribution is 0.669. The Morgan fingerprint density at radius 2 is 0.445 bits per heavy atom. The van der Waals surface area contributed by atoms with Gasteiger partial charge in [0.25, 0.3) is 0 Å². The Bertz CT molecular complexity index is 9960. The van der Waals surface area contributed by atoms with E-state index in [2.05, 4.69) is 376 Å². The zero-order chi connectivity index (χ0) is 83.2. The van der Waals surface area contributed by atoms with Crippen LogP contribution in [0.25, 0.3) is 281 Å². The molecule has 592 valence electrons. The van der Waals surface area contributed by atoms with Crippen molar-refractivity contribution >= 4 is 303 Å². The summed E-state index contributed by atoms with van der Waals surface area (Å²) in [4.78, 5) is 20.3. The number of para-hydroxylation sites is 10. The highest BCUT2D eigenvalue weighted by Gasteiger charge is 2.25. The van der Waals surface area contributed by atoms with Gasteiger partial charge in [0.1, 0.15) is 44.9 Å². The van der Waals surface area contributed by atoms with Gasteiger partial charge in [-0.3, -0.25) is 17.6 Å². The van der Waals surface area contributed by atoms with Crippen LogP contribution in [0.15, 0.2) is 397 Å². The molecule has 0 aliphatic carbocycles. The number of hydrogen-bond donors (Lipinski definition) is 0. The summed E-state index contributed by atoms with van der Waals surface area (Å²) in [6.45, 7) is 0. The fourth-order valence-electron chi connectivity index (χ4n) is 21.4. The van der Waals surface area contributed by atoms with Gasteiger partial charge in [-0.1, -0.05) is 243 Å². The highest BCUT2D eigenvalue weighted by Crippen LogP contribution is 2.48. The lowest BCUT2D eigenvalue weighted by Crippen LogP contribution is -1.92. The van der Waals surface area contributed by atoms with Gasteiger partial charge in [-0.15, -0.1) is 22.7 Å². The number of thiophene rings is 2. The molecule has 0 saturated carbocycles. The van der Waals surface area contributed by atoms with E-state index in [9.17, 15) is 0 Å². The molecule has 0 aliphatic rings. The van der Waals surface area contributed by atoms with Gasteiger partial charge in [0.2, 0.25) is 0 Å². The van der Waals surface area contributed by atoms with Crippen LogP contribution < -0.4 is 0 Å². The van der Waals surface area contributed by atoms with Gasteiger partial charge in [0, 0.05) is 133 Å². The van der Waals surface area contributed by atoms with Crippen LogP contribution >= 0.6 is 22.7 Å². The van der Waals surface area contributed by atoms with Crippen molar-refractivity contribution < 1.29 is 8.83 Å². The van der Waals surface area contributed by atoms with Crippen molar-refractivity contribution in [2.75, 3.05) is 0 Å². The molecule has 0 radical (unpaired) electrons. The Hall–Kier alpha value is -16.6. The molecule has 0 unspecified atom stereocenters. The van der Waals surface area contributed by atoms with E-state index >= 15 is 0 Å². The standard InChI is InChI=1S/2C29H16N2O.2C29H16N2S/c1-2-8-18-17(7-1)13-14-20-28(18)22-16-27-21(19-9-3-6-12-26(19)32-27)15-25(22)31-24-11-5-4-10-23(24)30-29(20)31;1-2-8-18-17(7-1)13-14-20-28(18)22-15-21-19-9-3-6-12-26(19)32-27(21)16-25(22)31-24-11-5-4-10-23(24)30-29(20)31;1-2-8-18-17(7-1)13-14-20-28(18)22-16-27-21(19-9-3-6-12-26(19)32-27)15-25(22)31-24-11-5-4-10-23(24)30-29(20)31;1-2-8-18-17(7-1)13-14-20-28(18)22-15-21-19-9-3-6-12-26(19)32-27(21)16-25(22)31-24-11-5-4-10-23(24)30-29(20)31/h4*1-16H. The molecule has 0 atom stereocenters. The second-order valence-electron chi connectivity index (χ2n) is 33.7. The largest absolute Gasteiger partial charge is 0.456 e. The van der Waals surface area contributed by atoms with Crippen LogP contribution in [0.4, 0.5) is 0 Å². The summed E-state index contributed by atoms with van der Waals surface area (Å²) < 4.78 is 27.2. The van der Waals surface area contributed by atoms with Crippen LogP contribution in [0.2, 0.25) is 0 Å². The SMILES string of the molecule is c1ccc2c(c1)ccc1c2c2cc3c(cc2n2c4ccccc4nc12)oc1ccccc13.c1ccc2c(c1)ccc1c2c2cc3c(cc2n2c4ccccc4nc12)sc1ccccc13.c1ccc2c(c1)ccc1c2c2cc3oc4ccccc4c3cc2n2c3ccccc3nc12.c1ccc2c(c1)ccc1c2c2cc3sc4ccccc4c3cc2n2c3ccccc3nc12. The fourth-order valence-corrected chi connectivity index (χ4v) is 23.6. The van der Waals surface area contributed by atoms with E-state index in [1.54, 1.807) is 0 Å². The lowest BCUT2D eigenvalue weighted by Gasteiger charge is -2.12. The molecule has 32 rings (SSSR count). The molecule has 0 saturated heterocycles. The highest BCUT2D eigenvalue weighted by atomic mass is 32.1. The van der Waals surface area contributed by atoms with Crippen LogP contribution in [0, 0.1) is 0 Å². The van der Waals surface area contributed by atoms with Crippen molar-refractivity contribution in [2.45, 2.75) is 0 Å². The van der Waals surface area contributed by atoms with Crippen molar-refractivity contribution in [3.05, 3.63) is 388 Å². The first-order valence-corrected chi connectivity index (χ1v) is 44.9. The number of pyridine rings is 4. The zero-order valence-electron chi connectivity index (χ0n) is 68.2. The van der Waals surface area contributed by atoms with Crippen LogP contribution in [-0.2, 0) is 0 Å². The van der Waals surface area contributed by atoms with E-state index in [1.165, 1.54) is 154 Å². The van der Waals surface area contributed by atoms with Gasteiger partial charge >= 0.3 is 0 Å². The molecule has 12 heterocycles. The second-order valence-corrected chi connectivity index (χ2v) is 35.9. The summed E-state index contributed by atoms with van der Waals surface area (Å²) in [6.07, 6.45) is 0. The number of aromatic nitrogens is 8. The maximum absolute atomic E-state index is 6.28. The minimum Gasteiger partial charge on any atom is -0.456 e. The predicted octanol–water partition coefficient (Wildman–Crippen LogP) is 32.3. The van der Waals surface area contributed by atoms with E-state index in [0.717, 1.165) is 127 Å². The van der Waals surface area contributed by atoms with Crippen molar-refractivity contribution in [3.8, 4) is 0 Å². The monoisotopic (exact) mass is 1660 g/mol. The molecule has 32 aromatic rings. The highest BCUT2D eigenvalue weighted by molar-refractivity contribution is 7.26. The van der Waals surface area contributed by atoms with Crippen molar-refractivity contribution in [1.29, 1.82) is 0 Å². The average Bonchev–Trinajstić information content (AvgIpc) is 1.55. The van der Waals surface area contributed by atoms with E-state index in [4.69, 9.17) is 28.8 Å². The van der Waals surface area contributed by atoms with Crippen LogP contribution in [-0.4, -0.2) is 37.5 Å². The van der Waals surface area contributed by atoms with E-state index in [1.807, 2.05) is 53.0 Å². The number of fused-ring (bicyclic) bond motifs is 52. The first-order chi connectivity index (χ1) is 63.5. The summed E-state index contributed by atoms with van der Waals surface area (Å²) >= 11 is 3.74. The summed E-state index contributed by atoms with van der Waals surface area (Å²) in [5.74, 6) is 0. The van der Waals surface area contributed by atoms with Crippen molar-refractivity contribution in [2.24, 2.45) is 0 Å². The van der Waals surface area contributed by atoms with Gasteiger partial charge in [0.15, 0.2) is 0 Å². The van der Waals surface area contributed by atoms with Gasteiger partial charge < -0.3 is 8.83 Å². The van der Waals surface area contributed by atoms with Crippen LogP contribution in [0.3, 0.4) is 0 Å². The maximum atomic E-state index is 6.28. The molecule has 20 aromatic carbocycles. The Kier molecular flexibility index (Phi) is 14.4. The Morgan fingerprint density at radius 1 is 0.164 bits per heavy atom. The van der Waals surface area contributed by atoms with E-state index < -0.39 is 0 Å². The average molecular weight is 1670 g/mol. The third-order valence-corrected chi connectivity index (χ3v) is 29.2. The topological polar surface area (TPSA) is 95.5 Å². The normalized spacial score (nSPS) is 12.4. The molecule has 10 nitrogen and oxygen atoms in total. The molecule has 0 N–H and O–H groups in total. The maximum Gasteiger partial charge on any atom is 0.146 e. The molecular formula is C116H64N8O2S2. The number of hydrogen-bond acceptors (Lipinski definition) is 8. The predicted molar refractivity (Wildman–Crippen MR) is 541 cm³/mol. The molecule has 0 fully saturated rings. The summed E-state index contributed by atoms with van der Waals surface area (Å²) in [5, 5.41) is 34.6. The number of benzene rings is 20. The quantitative estimate of drug-likeness (QED) is 0.140. The zero-order valence-corrected chi connectivity index (χ0v) is 69.8. The molecule has 0 bridgehead atoms. The summed E-state index contributed by atoms with van der Waals surface area (Å²) in [6, 6.07) is 139. The van der Waals surface area contributed by atoms with Gasteiger partial charge in [-0.25, -0.2) is 19.9 Å². The first kappa shape index (κ1) is 69.8. The number of imidazole rings is 4. The second kappa shape index (κ2) is 26.5. The first-order valence-electron chi connectivity index (χ1n) is 43.3. The molecule has 12 aromatic heterocycles. The smallest absolute Gasteiger partial charge is 0.146 e. The Labute approximate surface area is 732 Å². The van der Waals surface area contributed by atoms with Crippen molar-refractivity contribution in [1.82, 2.24) is 37.5 Å². The third-order valence-electron chi connectivity index (χ3n) is 26.9. The Morgan fingerprint density at radius 3 is 0.859 bits per heavy atom. The summed E-state index contributed by atoms with van der Waals surface area (Å²) in [5.41, 5.74) is 21.0. The molecule has 128 heavy (non-hydrogen) atoms. The summed E-state index contributed by atoms with van der Waals surface area (Å²) in [7, 11) is 0. The number of rotatable bonds is 0. The lowest BCUT2D eigenvalue weighted by atomic mass is 9.97. The van der Waals surface area contributed by atoms with Gasteiger partial charge in [0.05, 0.1) is 66.2 Å². The Balaban J connectivity index is 0.0000000845. The molecular weight excluding hydrogens is 1600 g/mol. The van der Waals surface area contributed by atoms with E-state index in [0.29, 0.717) is 0 Å². The van der Waals surface area contributed by atoms with Crippen molar-refractivity contribution in [3.63, 3.8) is 0 Å². The fraction of sp³-hybridized carbons (Fsp3) is 0. The van der Waals surface area contributed by atoms with Crippen LogP contribution in [0.5, 0.6) is 0 Å². The molecule has 0 spiro atoms. The molecule has 0 aliphatic heterocycles. The molecule has 12 heteroatoms. The third kappa shape index (κ3) is 9.94.